The maximum atomic E-state index is 13.0. The van der Waals surface area contributed by atoms with Crippen LogP contribution in [0.4, 0.5) is 0 Å². The molecule has 0 spiro atoms. The molecule has 1 fully saturated rings. The van der Waals surface area contributed by atoms with E-state index in [1.165, 1.54) is 135 Å². The number of aliphatic hydroxyl groups excluding tert-OH is 7. The molecule has 360 valence electrons. The molecule has 61 heavy (non-hydrogen) atoms. The van der Waals surface area contributed by atoms with Crippen molar-refractivity contribution in [3.63, 3.8) is 0 Å². The van der Waals surface area contributed by atoms with Crippen LogP contribution in [-0.2, 0) is 14.3 Å². The van der Waals surface area contributed by atoms with E-state index in [9.17, 15) is 40.5 Å². The van der Waals surface area contributed by atoms with Gasteiger partial charge in [0.05, 0.1) is 25.4 Å². The van der Waals surface area contributed by atoms with Gasteiger partial charge in [0.15, 0.2) is 6.29 Å². The van der Waals surface area contributed by atoms with Gasteiger partial charge in [0, 0.05) is 0 Å². The van der Waals surface area contributed by atoms with Gasteiger partial charge in [-0.1, -0.05) is 192 Å². The van der Waals surface area contributed by atoms with E-state index >= 15 is 0 Å². The van der Waals surface area contributed by atoms with E-state index in [0.717, 1.165) is 38.5 Å². The number of carbonyl (C=O) groups is 1. The van der Waals surface area contributed by atoms with E-state index in [1.54, 1.807) is 0 Å². The lowest BCUT2D eigenvalue weighted by Crippen LogP contribution is -2.60. The SMILES string of the molecule is CCCCCCCCCCCCCCCCCCC/C=C/CC/C=C/CCCC(O)C(O)C(COC1OC(CO)C(O)C(O)C1O)NC(=O)C(O)CCCCCCCCCC. The van der Waals surface area contributed by atoms with Crippen LogP contribution in [-0.4, -0.2) is 110 Å². The molecule has 0 bridgehead atoms. The van der Waals surface area contributed by atoms with Gasteiger partial charge in [0.1, 0.15) is 36.6 Å². The lowest BCUT2D eigenvalue weighted by molar-refractivity contribution is -0.303. The Morgan fingerprint density at radius 1 is 0.557 bits per heavy atom. The number of ether oxygens (including phenoxy) is 2. The number of amides is 1. The summed E-state index contributed by atoms with van der Waals surface area (Å²) < 4.78 is 11.1. The fourth-order valence-corrected chi connectivity index (χ4v) is 8.05. The summed E-state index contributed by atoms with van der Waals surface area (Å²) in [6.07, 6.45) is 34.2. The van der Waals surface area contributed by atoms with Crippen LogP contribution in [0.15, 0.2) is 24.3 Å². The smallest absolute Gasteiger partial charge is 0.249 e. The van der Waals surface area contributed by atoms with Gasteiger partial charge in [-0.25, -0.2) is 0 Å². The molecule has 11 heteroatoms. The predicted octanol–water partition coefficient (Wildman–Crippen LogP) is 9.01. The minimum atomic E-state index is -1.67. The number of nitrogens with one attached hydrogen (secondary N) is 1. The molecule has 11 nitrogen and oxygen atoms in total. The van der Waals surface area contributed by atoms with Crippen molar-refractivity contribution in [3.05, 3.63) is 24.3 Å². The molecule has 0 aliphatic carbocycles. The Morgan fingerprint density at radius 3 is 1.46 bits per heavy atom. The van der Waals surface area contributed by atoms with Crippen molar-refractivity contribution in [3.8, 4) is 0 Å². The van der Waals surface area contributed by atoms with Gasteiger partial charge < -0.3 is 50.5 Å². The maximum absolute atomic E-state index is 13.0. The summed E-state index contributed by atoms with van der Waals surface area (Å²) in [6, 6.07) is -1.19. The molecule has 1 heterocycles. The average Bonchev–Trinajstić information content (AvgIpc) is 3.26. The Morgan fingerprint density at radius 2 is 0.984 bits per heavy atom. The van der Waals surface area contributed by atoms with Crippen LogP contribution in [0.3, 0.4) is 0 Å². The minimum Gasteiger partial charge on any atom is -0.394 e. The Hall–Kier alpha value is -1.41. The standard InChI is InChI=1S/C50H95NO10/c1-3-5-7-9-11-13-14-15-16-17-18-19-20-21-22-23-24-25-26-27-28-29-30-32-33-35-37-42(53)45(55)41(40-60-50-48(58)47(57)46(56)44(39-52)61-50)51-49(59)43(54)38-36-34-31-12-10-8-6-4-2/h26-27,30,32,41-48,50,52-58H,3-25,28-29,31,33-40H2,1-2H3,(H,51,59)/b27-26+,32-30+. The first-order valence-electron chi connectivity index (χ1n) is 25.2. The van der Waals surface area contributed by atoms with Crippen LogP contribution in [0.1, 0.15) is 219 Å². The number of hydrogen-bond acceptors (Lipinski definition) is 10. The summed E-state index contributed by atoms with van der Waals surface area (Å²) in [7, 11) is 0. The topological polar surface area (TPSA) is 189 Å². The molecule has 1 aliphatic heterocycles. The molecule has 1 rings (SSSR count). The second kappa shape index (κ2) is 40.1. The van der Waals surface area contributed by atoms with Gasteiger partial charge in [-0.2, -0.15) is 0 Å². The third kappa shape index (κ3) is 29.6. The average molecular weight is 870 g/mol. The highest BCUT2D eigenvalue weighted by molar-refractivity contribution is 5.80. The van der Waals surface area contributed by atoms with Gasteiger partial charge >= 0.3 is 0 Å². The molecular formula is C50H95NO10. The Labute approximate surface area is 372 Å². The largest absolute Gasteiger partial charge is 0.394 e. The summed E-state index contributed by atoms with van der Waals surface area (Å²) in [5.74, 6) is -0.714. The van der Waals surface area contributed by atoms with E-state index in [-0.39, 0.29) is 12.8 Å². The molecule has 0 aromatic heterocycles. The van der Waals surface area contributed by atoms with Crippen LogP contribution >= 0.6 is 0 Å². The highest BCUT2D eigenvalue weighted by atomic mass is 16.7. The molecule has 9 atom stereocenters. The zero-order chi connectivity index (χ0) is 44.8. The van der Waals surface area contributed by atoms with Crippen LogP contribution in [0.5, 0.6) is 0 Å². The Bertz CT molecular complexity index is 1040. The van der Waals surface area contributed by atoms with E-state index in [0.29, 0.717) is 19.3 Å². The van der Waals surface area contributed by atoms with Crippen molar-refractivity contribution >= 4 is 5.91 Å². The second-order valence-electron chi connectivity index (χ2n) is 17.9. The number of aliphatic hydroxyl groups is 7. The predicted molar refractivity (Wildman–Crippen MR) is 247 cm³/mol. The van der Waals surface area contributed by atoms with Crippen molar-refractivity contribution < 1.29 is 50.0 Å². The summed E-state index contributed by atoms with van der Waals surface area (Å²) in [4.78, 5) is 13.0. The highest BCUT2D eigenvalue weighted by Crippen LogP contribution is 2.23. The van der Waals surface area contributed by atoms with Crippen molar-refractivity contribution in [1.29, 1.82) is 0 Å². The van der Waals surface area contributed by atoms with Gasteiger partial charge in [0.25, 0.3) is 0 Å². The minimum absolute atomic E-state index is 0.248. The molecule has 8 N–H and O–H groups in total. The van der Waals surface area contributed by atoms with Gasteiger partial charge in [-0.15, -0.1) is 0 Å². The normalized spacial score (nSPS) is 21.6. The van der Waals surface area contributed by atoms with E-state index in [2.05, 4.69) is 43.5 Å². The summed E-state index contributed by atoms with van der Waals surface area (Å²) in [5.41, 5.74) is 0. The lowest BCUT2D eigenvalue weighted by atomic mass is 9.98. The quantitative estimate of drug-likeness (QED) is 0.0217. The molecule has 9 unspecified atom stereocenters. The molecule has 0 aromatic rings. The first-order chi connectivity index (χ1) is 29.7. The number of unbranched alkanes of at least 4 members (excludes halogenated alkanes) is 26. The van der Waals surface area contributed by atoms with E-state index in [4.69, 9.17) is 9.47 Å². The second-order valence-corrected chi connectivity index (χ2v) is 17.9. The summed E-state index contributed by atoms with van der Waals surface area (Å²) >= 11 is 0. The van der Waals surface area contributed by atoms with Gasteiger partial charge in [0.2, 0.25) is 5.91 Å². The molecule has 1 saturated heterocycles. The van der Waals surface area contributed by atoms with E-state index < -0.39 is 74.2 Å². The zero-order valence-corrected chi connectivity index (χ0v) is 38.9. The van der Waals surface area contributed by atoms with Crippen molar-refractivity contribution in [1.82, 2.24) is 5.32 Å². The van der Waals surface area contributed by atoms with Crippen LogP contribution in [0, 0.1) is 0 Å². The fraction of sp³-hybridized carbons (Fsp3) is 0.900. The number of hydrogen-bond donors (Lipinski definition) is 8. The monoisotopic (exact) mass is 870 g/mol. The third-order valence-electron chi connectivity index (χ3n) is 12.2. The lowest BCUT2D eigenvalue weighted by Gasteiger charge is -2.40. The zero-order valence-electron chi connectivity index (χ0n) is 38.9. The van der Waals surface area contributed by atoms with Gasteiger partial charge in [-0.3, -0.25) is 4.79 Å². The van der Waals surface area contributed by atoms with Crippen molar-refractivity contribution in [2.45, 2.75) is 274 Å². The number of carbonyl (C=O) groups excluding carboxylic acids is 1. The molecular weight excluding hydrogens is 775 g/mol. The maximum Gasteiger partial charge on any atom is 0.249 e. The van der Waals surface area contributed by atoms with Crippen LogP contribution < -0.4 is 5.32 Å². The molecule has 1 amide bonds. The van der Waals surface area contributed by atoms with Crippen molar-refractivity contribution in [2.24, 2.45) is 0 Å². The number of rotatable bonds is 42. The Kier molecular flexibility index (Phi) is 37.9. The van der Waals surface area contributed by atoms with Crippen LogP contribution in [0.25, 0.3) is 0 Å². The van der Waals surface area contributed by atoms with Crippen molar-refractivity contribution in [2.75, 3.05) is 13.2 Å². The molecule has 0 radical (unpaired) electrons. The highest BCUT2D eigenvalue weighted by Gasteiger charge is 2.44. The fourth-order valence-electron chi connectivity index (χ4n) is 8.05. The summed E-state index contributed by atoms with van der Waals surface area (Å²) in [5, 5.41) is 75.5. The molecule has 0 saturated carbocycles. The first kappa shape index (κ1) is 57.6. The van der Waals surface area contributed by atoms with Crippen LogP contribution in [0.2, 0.25) is 0 Å². The Balaban J connectivity index is 2.32. The number of allylic oxidation sites excluding steroid dienone is 4. The third-order valence-corrected chi connectivity index (χ3v) is 12.2. The van der Waals surface area contributed by atoms with E-state index in [1.807, 2.05) is 0 Å². The summed E-state index contributed by atoms with van der Waals surface area (Å²) in [6.45, 7) is 3.38. The molecule has 1 aliphatic rings. The molecule has 0 aromatic carbocycles. The van der Waals surface area contributed by atoms with Gasteiger partial charge in [-0.05, 0) is 51.4 Å². The first-order valence-corrected chi connectivity index (χ1v) is 25.2.